The van der Waals surface area contributed by atoms with E-state index in [0.29, 0.717) is 12.8 Å². The summed E-state index contributed by atoms with van der Waals surface area (Å²) in [6, 6.07) is 4.15. The topological polar surface area (TPSA) is 20.2 Å². The van der Waals surface area contributed by atoms with Crippen molar-refractivity contribution in [3.8, 4) is 0 Å². The van der Waals surface area contributed by atoms with Crippen molar-refractivity contribution in [3.63, 3.8) is 0 Å². The Morgan fingerprint density at radius 1 is 1.22 bits per heavy atom. The zero-order valence-corrected chi connectivity index (χ0v) is 11.0. The second-order valence-electron chi connectivity index (χ2n) is 6.31. The molecule has 0 saturated heterocycles. The second kappa shape index (κ2) is 4.61. The van der Waals surface area contributed by atoms with Gasteiger partial charge in [0.2, 0.25) is 0 Å². The molecule has 1 N–H and O–H groups in total. The van der Waals surface area contributed by atoms with Gasteiger partial charge < -0.3 is 5.11 Å². The standard InChI is InChI=1S/C15H20F2O/c1-14(2)7-4-8-15(18,10-14)9-11-5-3-6-12(16)13(11)17/h3,5-6,18H,4,7-10H2,1-2H3. The summed E-state index contributed by atoms with van der Waals surface area (Å²) >= 11 is 0. The minimum atomic E-state index is -0.906. The van der Waals surface area contributed by atoms with Crippen molar-refractivity contribution in [1.29, 1.82) is 0 Å². The molecule has 100 valence electrons. The van der Waals surface area contributed by atoms with Crippen molar-refractivity contribution >= 4 is 0 Å². The molecule has 0 amide bonds. The molecule has 1 aromatic rings. The third kappa shape index (κ3) is 2.89. The highest BCUT2D eigenvalue weighted by Crippen LogP contribution is 2.42. The Morgan fingerprint density at radius 3 is 2.61 bits per heavy atom. The summed E-state index contributed by atoms with van der Waals surface area (Å²) in [5.41, 5.74) is -0.567. The van der Waals surface area contributed by atoms with Crippen LogP contribution in [-0.2, 0) is 6.42 Å². The van der Waals surface area contributed by atoms with E-state index in [0.717, 1.165) is 18.9 Å². The summed E-state index contributed by atoms with van der Waals surface area (Å²) in [5.74, 6) is -1.67. The molecule has 0 aromatic heterocycles. The van der Waals surface area contributed by atoms with Crippen molar-refractivity contribution in [2.24, 2.45) is 5.41 Å². The summed E-state index contributed by atoms with van der Waals surface area (Å²) in [6.07, 6.45) is 3.49. The lowest BCUT2D eigenvalue weighted by atomic mass is 9.68. The van der Waals surface area contributed by atoms with E-state index < -0.39 is 17.2 Å². The van der Waals surface area contributed by atoms with Crippen LogP contribution in [0.4, 0.5) is 8.78 Å². The van der Waals surface area contributed by atoms with E-state index in [-0.39, 0.29) is 17.4 Å². The van der Waals surface area contributed by atoms with Crippen LogP contribution in [0.3, 0.4) is 0 Å². The van der Waals surface area contributed by atoms with Crippen molar-refractivity contribution in [1.82, 2.24) is 0 Å². The first kappa shape index (κ1) is 13.5. The zero-order chi connectivity index (χ0) is 13.4. The van der Waals surface area contributed by atoms with Crippen LogP contribution in [-0.4, -0.2) is 10.7 Å². The molecule has 0 bridgehead atoms. The van der Waals surface area contributed by atoms with Gasteiger partial charge in [0.1, 0.15) is 0 Å². The average Bonchev–Trinajstić information content (AvgIpc) is 2.22. The highest BCUT2D eigenvalue weighted by atomic mass is 19.2. The molecule has 1 aliphatic carbocycles. The molecule has 18 heavy (non-hydrogen) atoms. The van der Waals surface area contributed by atoms with Crippen LogP contribution in [0.2, 0.25) is 0 Å². The van der Waals surface area contributed by atoms with E-state index in [1.807, 2.05) is 0 Å². The van der Waals surface area contributed by atoms with Gasteiger partial charge in [0, 0.05) is 6.42 Å². The third-order valence-electron chi connectivity index (χ3n) is 3.85. The molecular formula is C15H20F2O. The van der Waals surface area contributed by atoms with Crippen LogP contribution in [0.1, 0.15) is 45.1 Å². The molecule has 1 unspecified atom stereocenters. The number of aliphatic hydroxyl groups is 1. The van der Waals surface area contributed by atoms with E-state index in [2.05, 4.69) is 13.8 Å². The van der Waals surface area contributed by atoms with Gasteiger partial charge in [-0.25, -0.2) is 8.78 Å². The van der Waals surface area contributed by atoms with Crippen molar-refractivity contribution in [2.45, 2.75) is 51.6 Å². The van der Waals surface area contributed by atoms with Crippen molar-refractivity contribution < 1.29 is 13.9 Å². The molecule has 1 nitrogen and oxygen atoms in total. The molecule has 1 aromatic carbocycles. The van der Waals surface area contributed by atoms with Crippen molar-refractivity contribution in [3.05, 3.63) is 35.4 Å². The predicted octanol–water partition coefficient (Wildman–Crippen LogP) is 3.84. The third-order valence-corrected chi connectivity index (χ3v) is 3.85. The largest absolute Gasteiger partial charge is 0.390 e. The fraction of sp³-hybridized carbons (Fsp3) is 0.600. The number of benzene rings is 1. The maximum absolute atomic E-state index is 13.6. The molecule has 1 saturated carbocycles. The average molecular weight is 254 g/mol. The number of hydrogen-bond donors (Lipinski definition) is 1. The fourth-order valence-electron chi connectivity index (χ4n) is 3.15. The van der Waals surface area contributed by atoms with Gasteiger partial charge in [0.05, 0.1) is 5.60 Å². The highest BCUT2D eigenvalue weighted by molar-refractivity contribution is 5.21. The first-order chi connectivity index (χ1) is 8.31. The van der Waals surface area contributed by atoms with Crippen molar-refractivity contribution in [2.75, 3.05) is 0 Å². The summed E-state index contributed by atoms with van der Waals surface area (Å²) in [6.45, 7) is 4.22. The lowest BCUT2D eigenvalue weighted by molar-refractivity contribution is -0.0388. The Balaban J connectivity index is 2.20. The zero-order valence-electron chi connectivity index (χ0n) is 11.0. The van der Waals surface area contributed by atoms with Crippen LogP contribution in [0.25, 0.3) is 0 Å². The Bertz CT molecular complexity index is 442. The number of rotatable bonds is 2. The summed E-state index contributed by atoms with van der Waals surface area (Å²) in [4.78, 5) is 0. The second-order valence-corrected chi connectivity index (χ2v) is 6.31. The fourth-order valence-corrected chi connectivity index (χ4v) is 3.15. The normalized spacial score (nSPS) is 27.2. The Hall–Kier alpha value is -0.960. The lowest BCUT2D eigenvalue weighted by Gasteiger charge is -2.41. The number of hydrogen-bond acceptors (Lipinski definition) is 1. The maximum Gasteiger partial charge on any atom is 0.162 e. The van der Waals surface area contributed by atoms with Gasteiger partial charge in [-0.05, 0) is 36.3 Å². The smallest absolute Gasteiger partial charge is 0.162 e. The first-order valence-electron chi connectivity index (χ1n) is 6.47. The molecule has 1 fully saturated rings. The molecule has 0 spiro atoms. The van der Waals surface area contributed by atoms with Gasteiger partial charge in [0.25, 0.3) is 0 Å². The molecule has 0 radical (unpaired) electrons. The SMILES string of the molecule is CC1(C)CCCC(O)(Cc2cccc(F)c2F)C1. The van der Waals surface area contributed by atoms with E-state index >= 15 is 0 Å². The Labute approximate surface area is 107 Å². The van der Waals surface area contributed by atoms with Gasteiger partial charge in [-0.15, -0.1) is 0 Å². The first-order valence-corrected chi connectivity index (χ1v) is 6.47. The minimum Gasteiger partial charge on any atom is -0.390 e. The Kier molecular flexibility index (Phi) is 3.45. The van der Waals surface area contributed by atoms with E-state index in [4.69, 9.17) is 0 Å². The molecule has 0 aliphatic heterocycles. The molecule has 1 aliphatic rings. The molecule has 0 heterocycles. The summed E-state index contributed by atoms with van der Waals surface area (Å²) in [7, 11) is 0. The Morgan fingerprint density at radius 2 is 1.94 bits per heavy atom. The van der Waals surface area contributed by atoms with Gasteiger partial charge in [-0.3, -0.25) is 0 Å². The summed E-state index contributed by atoms with van der Waals surface area (Å²) < 4.78 is 26.8. The van der Waals surface area contributed by atoms with Gasteiger partial charge >= 0.3 is 0 Å². The van der Waals surface area contributed by atoms with E-state index in [1.54, 1.807) is 6.07 Å². The van der Waals surface area contributed by atoms with Crippen LogP contribution < -0.4 is 0 Å². The van der Waals surface area contributed by atoms with Crippen LogP contribution in [0.5, 0.6) is 0 Å². The van der Waals surface area contributed by atoms with E-state index in [1.165, 1.54) is 6.07 Å². The van der Waals surface area contributed by atoms with Crippen LogP contribution in [0.15, 0.2) is 18.2 Å². The lowest BCUT2D eigenvalue weighted by Crippen LogP contribution is -2.40. The van der Waals surface area contributed by atoms with Crippen LogP contribution in [0, 0.1) is 17.0 Å². The highest BCUT2D eigenvalue weighted by Gasteiger charge is 2.38. The maximum atomic E-state index is 13.6. The molecule has 2 rings (SSSR count). The van der Waals surface area contributed by atoms with E-state index in [9.17, 15) is 13.9 Å². The van der Waals surface area contributed by atoms with Gasteiger partial charge in [-0.1, -0.05) is 32.4 Å². The summed E-state index contributed by atoms with van der Waals surface area (Å²) in [5, 5.41) is 10.6. The van der Waals surface area contributed by atoms with Crippen LogP contribution >= 0.6 is 0 Å². The van der Waals surface area contributed by atoms with Gasteiger partial charge in [-0.2, -0.15) is 0 Å². The molecule has 1 atom stereocenters. The monoisotopic (exact) mass is 254 g/mol. The molecule has 3 heteroatoms. The van der Waals surface area contributed by atoms with Gasteiger partial charge in [0.15, 0.2) is 11.6 Å². The number of halogens is 2. The minimum absolute atomic E-state index is 0.0663. The predicted molar refractivity (Wildman–Crippen MR) is 67.3 cm³/mol. The molecular weight excluding hydrogens is 234 g/mol. The quantitative estimate of drug-likeness (QED) is 0.850.